The van der Waals surface area contributed by atoms with Crippen LogP contribution in [0.3, 0.4) is 0 Å². The Labute approximate surface area is 121 Å². The van der Waals surface area contributed by atoms with E-state index in [2.05, 4.69) is 17.3 Å². The van der Waals surface area contributed by atoms with Crippen molar-refractivity contribution in [3.05, 3.63) is 29.5 Å². The van der Waals surface area contributed by atoms with E-state index in [0.29, 0.717) is 0 Å². The summed E-state index contributed by atoms with van der Waals surface area (Å²) in [6.45, 7) is 4.14. The molecule has 0 saturated heterocycles. The highest BCUT2D eigenvalue weighted by Crippen LogP contribution is 2.53. The molecule has 0 unspecified atom stereocenters. The van der Waals surface area contributed by atoms with Gasteiger partial charge in [-0.1, -0.05) is 6.92 Å². The van der Waals surface area contributed by atoms with E-state index < -0.39 is 10.0 Å². The van der Waals surface area contributed by atoms with Gasteiger partial charge in [0.2, 0.25) is 0 Å². The number of fused-ring (bicyclic) bond motifs is 1. The topological polar surface area (TPSA) is 45.9 Å². The summed E-state index contributed by atoms with van der Waals surface area (Å²) in [7, 11) is 0.153. The maximum Gasteiger partial charge on any atom is 0.119 e. The number of pyridine rings is 1. The molecule has 0 radical (unpaired) electrons. The molecule has 2 rings (SSSR count). The van der Waals surface area contributed by atoms with E-state index in [-0.39, 0.29) is 0 Å². The molecule has 1 aromatic carbocycles. The summed E-state index contributed by atoms with van der Waals surface area (Å²) in [4.78, 5) is 5.84. The number of rotatable bonds is 3. The third-order valence-corrected chi connectivity index (χ3v) is 5.48. The van der Waals surface area contributed by atoms with Crippen LogP contribution in [0.1, 0.15) is 18.2 Å². The quantitative estimate of drug-likeness (QED) is 0.801. The molecule has 0 aliphatic heterocycles. The number of aryl methyl sites for hydroxylation is 1. The molecule has 0 atom stereocenters. The normalized spacial score (nSPS) is 12.2. The number of hydrogen-bond donors (Lipinski definition) is 0. The molecule has 0 spiro atoms. The Morgan fingerprint density at radius 2 is 2.05 bits per heavy atom. The highest BCUT2D eigenvalue weighted by molar-refractivity contribution is 8.36. The maximum atomic E-state index is 9.58. The van der Waals surface area contributed by atoms with Crippen LogP contribution in [0.2, 0.25) is 0 Å². The minimum atomic E-state index is -1.51. The van der Waals surface area contributed by atoms with Crippen molar-refractivity contribution in [2.24, 2.45) is 0 Å². The average Bonchev–Trinajstić information content (AvgIpc) is 2.45. The molecule has 0 N–H and O–H groups in total. The highest BCUT2D eigenvalue weighted by Gasteiger charge is 2.23. The van der Waals surface area contributed by atoms with Gasteiger partial charge >= 0.3 is 0 Å². The molecule has 0 bridgehead atoms. The Morgan fingerprint density at radius 3 is 2.60 bits per heavy atom. The second-order valence-electron chi connectivity index (χ2n) is 5.16. The Hall–Kier alpha value is -1.73. The summed E-state index contributed by atoms with van der Waals surface area (Å²) < 4.78 is 5.33. The smallest absolute Gasteiger partial charge is 0.119 e. The number of ether oxygens (including phenoxy) is 1. The average molecular weight is 288 g/mol. The van der Waals surface area contributed by atoms with Crippen molar-refractivity contribution in [1.29, 1.82) is 5.26 Å². The molecule has 20 heavy (non-hydrogen) atoms. The van der Waals surface area contributed by atoms with Crippen molar-refractivity contribution in [2.45, 2.75) is 25.2 Å². The minimum absolute atomic E-state index is 0.805. The van der Waals surface area contributed by atoms with E-state index in [0.717, 1.165) is 33.7 Å². The molecule has 1 aromatic heterocycles. The first kappa shape index (κ1) is 14.7. The zero-order valence-corrected chi connectivity index (χ0v) is 13.5. The lowest BCUT2D eigenvalue weighted by atomic mass is 10.1. The van der Waals surface area contributed by atoms with Crippen LogP contribution in [0, 0.1) is 17.6 Å². The van der Waals surface area contributed by atoms with Crippen molar-refractivity contribution in [1.82, 2.24) is 4.98 Å². The van der Waals surface area contributed by atoms with Crippen LogP contribution in [0.15, 0.2) is 23.1 Å². The number of aromatic nitrogens is 1. The molecule has 0 fully saturated rings. The number of methoxy groups -OCH3 is 1. The number of nitriles is 1. The third-order valence-electron chi connectivity index (χ3n) is 3.54. The Balaban J connectivity index is 2.95. The molecule has 0 amide bonds. The van der Waals surface area contributed by atoms with Gasteiger partial charge in [0, 0.05) is 16.0 Å². The standard InChI is InChI=1S/C16H20N2OS/c1-6-13-11(2)18-15-8-7-12(19-3)9-14(15)16(13)20(4,5)10-17/h7-9H,6H2,1-5H3. The summed E-state index contributed by atoms with van der Waals surface area (Å²) in [5.41, 5.74) is 3.16. The van der Waals surface area contributed by atoms with Crippen LogP contribution in [0.25, 0.3) is 10.9 Å². The maximum absolute atomic E-state index is 9.58. The van der Waals surface area contributed by atoms with Gasteiger partial charge in [0.25, 0.3) is 0 Å². The number of nitrogens with zero attached hydrogens (tertiary/aromatic N) is 2. The molecule has 3 nitrogen and oxygen atoms in total. The molecule has 0 saturated carbocycles. The fourth-order valence-corrected chi connectivity index (χ4v) is 4.25. The highest BCUT2D eigenvalue weighted by atomic mass is 32.3. The van der Waals surface area contributed by atoms with Gasteiger partial charge in [0.15, 0.2) is 0 Å². The first-order chi connectivity index (χ1) is 9.44. The SMILES string of the molecule is CCc1c(C)nc2ccc(OC)cc2c1S(C)(C)C#N. The fourth-order valence-electron chi connectivity index (χ4n) is 2.54. The van der Waals surface area contributed by atoms with E-state index >= 15 is 0 Å². The van der Waals surface area contributed by atoms with E-state index in [1.165, 1.54) is 5.56 Å². The lowest BCUT2D eigenvalue weighted by Gasteiger charge is -2.27. The Bertz CT molecular complexity index is 702. The largest absolute Gasteiger partial charge is 0.497 e. The molecular weight excluding hydrogens is 268 g/mol. The van der Waals surface area contributed by atoms with Crippen LogP contribution in [-0.4, -0.2) is 24.6 Å². The predicted molar refractivity (Wildman–Crippen MR) is 85.7 cm³/mol. The number of thiocyanates is 1. The van der Waals surface area contributed by atoms with Crippen molar-refractivity contribution in [3.8, 4) is 11.2 Å². The Kier molecular flexibility index (Phi) is 3.92. The van der Waals surface area contributed by atoms with E-state index in [4.69, 9.17) is 4.74 Å². The van der Waals surface area contributed by atoms with Crippen LogP contribution in [-0.2, 0) is 6.42 Å². The molecular formula is C16H20N2OS. The van der Waals surface area contributed by atoms with Crippen LogP contribution >= 0.6 is 10.0 Å². The van der Waals surface area contributed by atoms with Crippen molar-refractivity contribution < 1.29 is 4.74 Å². The second-order valence-corrected chi connectivity index (χ2v) is 8.40. The molecule has 0 aliphatic rings. The van der Waals surface area contributed by atoms with Gasteiger partial charge in [-0.05, 0) is 49.6 Å². The van der Waals surface area contributed by atoms with E-state index in [1.807, 2.05) is 37.6 Å². The van der Waals surface area contributed by atoms with Crippen molar-refractivity contribution >= 4 is 20.9 Å². The first-order valence-corrected chi connectivity index (χ1v) is 9.01. The minimum Gasteiger partial charge on any atom is -0.497 e. The molecule has 0 aliphatic carbocycles. The molecule has 1 heterocycles. The van der Waals surface area contributed by atoms with Crippen molar-refractivity contribution in [3.63, 3.8) is 0 Å². The molecule has 4 heteroatoms. The van der Waals surface area contributed by atoms with Gasteiger partial charge in [-0.2, -0.15) is 5.26 Å². The van der Waals surface area contributed by atoms with Gasteiger partial charge in [-0.3, -0.25) is 4.98 Å². The lowest BCUT2D eigenvalue weighted by Crippen LogP contribution is -2.04. The van der Waals surface area contributed by atoms with E-state index in [9.17, 15) is 5.26 Å². The summed E-state index contributed by atoms with van der Waals surface area (Å²) in [5.74, 6) is 0.805. The zero-order valence-electron chi connectivity index (χ0n) is 12.7. The van der Waals surface area contributed by atoms with Gasteiger partial charge in [-0.25, -0.2) is 0 Å². The van der Waals surface area contributed by atoms with E-state index in [1.54, 1.807) is 7.11 Å². The van der Waals surface area contributed by atoms with Gasteiger partial charge in [-0.15, -0.1) is 10.0 Å². The molecule has 2 aromatic rings. The first-order valence-electron chi connectivity index (χ1n) is 6.56. The number of benzene rings is 1. The van der Waals surface area contributed by atoms with Gasteiger partial charge in [0.1, 0.15) is 11.2 Å². The summed E-state index contributed by atoms with van der Waals surface area (Å²) in [5, 5.41) is 13.1. The van der Waals surface area contributed by atoms with Crippen LogP contribution in [0.5, 0.6) is 5.75 Å². The predicted octanol–water partition coefficient (Wildman–Crippen LogP) is 4.02. The monoisotopic (exact) mass is 288 g/mol. The van der Waals surface area contributed by atoms with Crippen LogP contribution < -0.4 is 4.74 Å². The lowest BCUT2D eigenvalue weighted by molar-refractivity contribution is 0.415. The summed E-state index contributed by atoms with van der Waals surface area (Å²) >= 11 is 0. The fraction of sp³-hybridized carbons (Fsp3) is 0.375. The third kappa shape index (κ3) is 2.34. The zero-order chi connectivity index (χ0) is 14.9. The summed E-state index contributed by atoms with van der Waals surface area (Å²) in [6.07, 6.45) is 4.97. The Morgan fingerprint density at radius 1 is 1.35 bits per heavy atom. The van der Waals surface area contributed by atoms with Crippen molar-refractivity contribution in [2.75, 3.05) is 19.6 Å². The molecule has 106 valence electrons. The number of hydrogen-bond acceptors (Lipinski definition) is 3. The summed E-state index contributed by atoms with van der Waals surface area (Å²) in [6, 6.07) is 5.89. The van der Waals surface area contributed by atoms with Crippen LogP contribution in [0.4, 0.5) is 0 Å². The second kappa shape index (κ2) is 5.34. The van der Waals surface area contributed by atoms with Gasteiger partial charge < -0.3 is 4.74 Å². The van der Waals surface area contributed by atoms with Gasteiger partial charge in [0.05, 0.1) is 12.6 Å².